The first-order valence-electron chi connectivity index (χ1n) is 10.7. The number of rotatable bonds is 7. The van der Waals surface area contributed by atoms with Crippen LogP contribution in [0.5, 0.6) is 0 Å². The minimum atomic E-state index is -0.605. The van der Waals surface area contributed by atoms with E-state index in [4.69, 9.17) is 4.74 Å². The molecule has 0 fully saturated rings. The number of ether oxygens (including phenoxy) is 1. The number of esters is 1. The monoisotopic (exact) mass is 473 g/mol. The molecule has 4 rings (SSSR count). The van der Waals surface area contributed by atoms with E-state index in [1.54, 1.807) is 0 Å². The van der Waals surface area contributed by atoms with Crippen molar-refractivity contribution in [3.8, 4) is 0 Å². The van der Waals surface area contributed by atoms with E-state index in [2.05, 4.69) is 5.32 Å². The Morgan fingerprint density at radius 1 is 0.943 bits per heavy atom. The predicted molar refractivity (Wildman–Crippen MR) is 126 cm³/mol. The first-order valence-corrected chi connectivity index (χ1v) is 10.7. The minimum Gasteiger partial charge on any atom is -0.462 e. The third-order valence-electron chi connectivity index (χ3n) is 5.26. The lowest BCUT2D eigenvalue weighted by Crippen LogP contribution is -2.29. The third-order valence-corrected chi connectivity index (χ3v) is 5.26. The van der Waals surface area contributed by atoms with Crippen LogP contribution in [0.25, 0.3) is 0 Å². The van der Waals surface area contributed by atoms with E-state index in [0.29, 0.717) is 18.6 Å². The van der Waals surface area contributed by atoms with Crippen LogP contribution in [0.1, 0.15) is 54.8 Å². The van der Waals surface area contributed by atoms with E-state index < -0.39 is 28.6 Å². The zero-order chi connectivity index (χ0) is 25.1. The average molecular weight is 473 g/mol. The van der Waals surface area contributed by atoms with Gasteiger partial charge in [-0.1, -0.05) is 13.0 Å². The molecule has 3 aromatic carbocycles. The maximum atomic E-state index is 13.0. The normalized spacial score (nSPS) is 12.3. The fourth-order valence-electron chi connectivity index (χ4n) is 3.54. The van der Waals surface area contributed by atoms with Crippen molar-refractivity contribution in [3.63, 3.8) is 0 Å². The molecule has 1 heterocycles. The number of anilines is 2. The van der Waals surface area contributed by atoms with Crippen molar-refractivity contribution in [3.05, 3.63) is 99.1 Å². The van der Waals surface area contributed by atoms with Gasteiger partial charge in [-0.25, -0.2) is 9.69 Å². The summed E-state index contributed by atoms with van der Waals surface area (Å²) in [5.74, 6) is -2.22. The van der Waals surface area contributed by atoms with Gasteiger partial charge in [-0.15, -0.1) is 0 Å². The second-order valence-corrected chi connectivity index (χ2v) is 7.65. The number of hydrogen-bond acceptors (Lipinski definition) is 7. The lowest BCUT2D eigenvalue weighted by Gasteiger charge is -2.14. The molecule has 0 aliphatic carbocycles. The predicted octanol–water partition coefficient (Wildman–Crippen LogP) is 4.21. The molecule has 0 saturated carbocycles. The van der Waals surface area contributed by atoms with E-state index in [-0.39, 0.29) is 33.8 Å². The Bertz CT molecular complexity index is 1370. The summed E-state index contributed by atoms with van der Waals surface area (Å²) in [4.78, 5) is 61.8. The van der Waals surface area contributed by atoms with Gasteiger partial charge in [-0.2, -0.15) is 0 Å². The number of carbonyl (C=O) groups excluding carboxylic acids is 4. The standard InChI is InChI=1S/C25H19N3O7/c1-2-12-35-25(32)15-6-9-18(10-7-15)27-23(30)20-11-8-17(14-21(20)24(27)31)26-22(29)16-4-3-5-19(13-16)28(33)34/h3-11,13-14H,2,12H2,1H3,(H,26,29). The molecule has 3 aromatic rings. The van der Waals surface area contributed by atoms with Gasteiger partial charge in [-0.05, 0) is 55.0 Å². The van der Waals surface area contributed by atoms with Gasteiger partial charge in [0, 0.05) is 23.4 Å². The Hall–Kier alpha value is -4.86. The summed E-state index contributed by atoms with van der Waals surface area (Å²) in [6.07, 6.45) is 0.687. The molecule has 176 valence electrons. The molecule has 3 amide bonds. The van der Waals surface area contributed by atoms with Gasteiger partial charge >= 0.3 is 5.97 Å². The number of benzene rings is 3. The van der Waals surface area contributed by atoms with Crippen molar-refractivity contribution in [2.75, 3.05) is 16.8 Å². The van der Waals surface area contributed by atoms with Crippen LogP contribution < -0.4 is 10.2 Å². The van der Waals surface area contributed by atoms with Crippen molar-refractivity contribution >= 4 is 40.8 Å². The molecular formula is C25H19N3O7. The van der Waals surface area contributed by atoms with E-state index in [1.165, 1.54) is 60.7 Å². The van der Waals surface area contributed by atoms with E-state index in [9.17, 15) is 29.3 Å². The first-order chi connectivity index (χ1) is 16.8. The van der Waals surface area contributed by atoms with Crippen LogP contribution in [-0.2, 0) is 4.74 Å². The van der Waals surface area contributed by atoms with Crippen LogP contribution in [0.15, 0.2) is 66.7 Å². The summed E-state index contributed by atoms with van der Waals surface area (Å²) in [7, 11) is 0. The molecule has 0 atom stereocenters. The third kappa shape index (κ3) is 4.62. The van der Waals surface area contributed by atoms with E-state index >= 15 is 0 Å². The highest BCUT2D eigenvalue weighted by Gasteiger charge is 2.37. The Labute approximate surface area is 199 Å². The number of nitro groups is 1. The van der Waals surface area contributed by atoms with Gasteiger partial charge in [0.15, 0.2) is 0 Å². The van der Waals surface area contributed by atoms with Gasteiger partial charge in [0.2, 0.25) is 0 Å². The van der Waals surface area contributed by atoms with Crippen molar-refractivity contribution in [1.82, 2.24) is 0 Å². The Morgan fingerprint density at radius 3 is 2.34 bits per heavy atom. The zero-order valence-electron chi connectivity index (χ0n) is 18.5. The summed E-state index contributed by atoms with van der Waals surface area (Å²) < 4.78 is 5.08. The molecule has 0 saturated heterocycles. The average Bonchev–Trinajstić information content (AvgIpc) is 3.11. The maximum Gasteiger partial charge on any atom is 0.338 e. The summed E-state index contributed by atoms with van der Waals surface area (Å²) in [5, 5.41) is 13.5. The van der Waals surface area contributed by atoms with Gasteiger partial charge < -0.3 is 10.1 Å². The molecule has 10 heteroatoms. The fourth-order valence-corrected chi connectivity index (χ4v) is 3.54. The molecule has 1 aliphatic rings. The SMILES string of the molecule is CCCOC(=O)c1ccc(N2C(=O)c3ccc(NC(=O)c4cccc([N+](=O)[O-])c4)cc3C2=O)cc1. The quantitative estimate of drug-likeness (QED) is 0.235. The molecule has 1 aliphatic heterocycles. The molecule has 0 spiro atoms. The highest BCUT2D eigenvalue weighted by molar-refractivity contribution is 6.34. The topological polar surface area (TPSA) is 136 Å². The second-order valence-electron chi connectivity index (χ2n) is 7.65. The van der Waals surface area contributed by atoms with Crippen molar-refractivity contribution in [2.24, 2.45) is 0 Å². The molecule has 10 nitrogen and oxygen atoms in total. The molecular weight excluding hydrogens is 454 g/mol. The zero-order valence-corrected chi connectivity index (χ0v) is 18.5. The van der Waals surface area contributed by atoms with Crippen LogP contribution in [0.3, 0.4) is 0 Å². The molecule has 0 aromatic heterocycles. The first kappa shape index (κ1) is 23.3. The summed E-state index contributed by atoms with van der Waals surface area (Å²) in [5.41, 5.74) is 0.926. The van der Waals surface area contributed by atoms with Gasteiger partial charge in [-0.3, -0.25) is 24.5 Å². The van der Waals surface area contributed by atoms with E-state index in [1.807, 2.05) is 6.92 Å². The highest BCUT2D eigenvalue weighted by atomic mass is 16.6. The van der Waals surface area contributed by atoms with Crippen LogP contribution in [0.2, 0.25) is 0 Å². The number of carbonyl (C=O) groups is 4. The summed E-state index contributed by atoms with van der Waals surface area (Å²) in [6.45, 7) is 2.17. The highest BCUT2D eigenvalue weighted by Crippen LogP contribution is 2.30. The Morgan fingerprint density at radius 2 is 1.66 bits per heavy atom. The number of nitrogens with zero attached hydrogens (tertiary/aromatic N) is 2. The van der Waals surface area contributed by atoms with Crippen molar-refractivity contribution in [2.45, 2.75) is 13.3 Å². The number of imide groups is 1. The molecule has 0 radical (unpaired) electrons. The van der Waals surface area contributed by atoms with Crippen LogP contribution in [0.4, 0.5) is 17.1 Å². The maximum absolute atomic E-state index is 13.0. The second kappa shape index (κ2) is 9.56. The molecule has 0 bridgehead atoms. The summed E-state index contributed by atoms with van der Waals surface area (Å²) >= 11 is 0. The number of fused-ring (bicyclic) bond motifs is 1. The Balaban J connectivity index is 1.53. The molecule has 35 heavy (non-hydrogen) atoms. The van der Waals surface area contributed by atoms with E-state index in [0.717, 1.165) is 11.0 Å². The van der Waals surface area contributed by atoms with Gasteiger partial charge in [0.1, 0.15) is 0 Å². The fraction of sp³-hybridized carbons (Fsp3) is 0.120. The number of hydrogen-bond donors (Lipinski definition) is 1. The lowest BCUT2D eigenvalue weighted by atomic mass is 10.1. The molecule has 1 N–H and O–H groups in total. The summed E-state index contributed by atoms with van der Waals surface area (Å²) in [6, 6.07) is 15.4. The van der Waals surface area contributed by atoms with Gasteiger partial charge in [0.05, 0.1) is 33.9 Å². The number of amides is 3. The largest absolute Gasteiger partial charge is 0.462 e. The Kier molecular flexibility index (Phi) is 6.36. The number of nitro benzene ring substituents is 1. The van der Waals surface area contributed by atoms with Crippen molar-refractivity contribution in [1.29, 1.82) is 0 Å². The lowest BCUT2D eigenvalue weighted by molar-refractivity contribution is -0.384. The number of non-ortho nitro benzene ring substituents is 1. The van der Waals surface area contributed by atoms with Gasteiger partial charge in [0.25, 0.3) is 23.4 Å². The molecule has 0 unspecified atom stereocenters. The smallest absolute Gasteiger partial charge is 0.338 e. The number of nitrogens with one attached hydrogen (secondary N) is 1. The van der Waals surface area contributed by atoms with Crippen LogP contribution in [0, 0.1) is 10.1 Å². The van der Waals surface area contributed by atoms with Crippen LogP contribution in [-0.4, -0.2) is 35.2 Å². The van der Waals surface area contributed by atoms with Crippen LogP contribution >= 0.6 is 0 Å². The minimum absolute atomic E-state index is 0.0706. The van der Waals surface area contributed by atoms with Crippen molar-refractivity contribution < 1.29 is 28.8 Å².